The number of nitrogens with two attached hydrogens (primary N) is 1. The Hall–Kier alpha value is -1.49. The summed E-state index contributed by atoms with van der Waals surface area (Å²) in [4.78, 5) is 4.00. The summed E-state index contributed by atoms with van der Waals surface area (Å²) in [6.45, 7) is 2.08. The van der Waals surface area contributed by atoms with Crippen molar-refractivity contribution in [2.75, 3.05) is 11.1 Å². The van der Waals surface area contributed by atoms with Crippen LogP contribution < -0.4 is 11.1 Å². The van der Waals surface area contributed by atoms with E-state index < -0.39 is 0 Å². The van der Waals surface area contributed by atoms with E-state index in [-0.39, 0.29) is 6.04 Å². The maximum atomic E-state index is 5.86. The van der Waals surface area contributed by atoms with E-state index in [0.29, 0.717) is 5.69 Å². The van der Waals surface area contributed by atoms with Gasteiger partial charge in [0.1, 0.15) is 5.76 Å². The molecule has 0 aliphatic heterocycles. The number of nitrogens with zero attached hydrogens (tertiary/aromatic N) is 1. The molecular weight excluding hydrogens is 282 g/mol. The molecule has 2 heterocycles. The number of anilines is 2. The van der Waals surface area contributed by atoms with Crippen LogP contribution in [0.2, 0.25) is 0 Å². The fraction of sp³-hybridized carbons (Fsp3) is 0.250. The molecule has 0 aliphatic carbocycles. The Labute approximate surface area is 108 Å². The maximum absolute atomic E-state index is 5.86. The van der Waals surface area contributed by atoms with Crippen molar-refractivity contribution in [3.8, 4) is 0 Å². The molecule has 0 aliphatic rings. The third-order valence-electron chi connectivity index (χ3n) is 2.41. The second-order valence-corrected chi connectivity index (χ2v) is 4.77. The molecule has 5 heteroatoms. The van der Waals surface area contributed by atoms with Gasteiger partial charge in [-0.2, -0.15) is 0 Å². The number of nitrogens with one attached hydrogen (secondary N) is 1. The van der Waals surface area contributed by atoms with Crippen LogP contribution in [0.3, 0.4) is 0 Å². The zero-order chi connectivity index (χ0) is 12.3. The molecule has 90 valence electrons. The van der Waals surface area contributed by atoms with Crippen molar-refractivity contribution < 1.29 is 4.42 Å². The highest BCUT2D eigenvalue weighted by atomic mass is 79.9. The highest BCUT2D eigenvalue weighted by Crippen LogP contribution is 2.28. The highest BCUT2D eigenvalue weighted by Gasteiger charge is 2.10. The van der Waals surface area contributed by atoms with Gasteiger partial charge in [0, 0.05) is 18.7 Å². The fourth-order valence-electron chi connectivity index (χ4n) is 1.63. The van der Waals surface area contributed by atoms with Gasteiger partial charge < -0.3 is 15.5 Å². The maximum Gasteiger partial charge on any atom is 0.105 e. The molecule has 0 saturated heterocycles. The van der Waals surface area contributed by atoms with Gasteiger partial charge in [-0.15, -0.1) is 0 Å². The van der Waals surface area contributed by atoms with Crippen molar-refractivity contribution in [2.24, 2.45) is 0 Å². The van der Waals surface area contributed by atoms with Crippen LogP contribution in [0.4, 0.5) is 11.4 Å². The van der Waals surface area contributed by atoms with Crippen molar-refractivity contribution in [1.82, 2.24) is 4.98 Å². The van der Waals surface area contributed by atoms with Gasteiger partial charge in [0.05, 0.1) is 28.3 Å². The summed E-state index contributed by atoms with van der Waals surface area (Å²) in [6, 6.07) is 4.07. The zero-order valence-corrected chi connectivity index (χ0v) is 11.1. The molecule has 3 N–H and O–H groups in total. The second-order valence-electron chi connectivity index (χ2n) is 3.91. The molecule has 2 aromatic heterocycles. The molecule has 0 amide bonds. The fourth-order valence-corrected chi connectivity index (χ4v) is 2.09. The minimum Gasteiger partial charge on any atom is -0.469 e. The largest absolute Gasteiger partial charge is 0.469 e. The molecule has 0 fully saturated rings. The Balaban J connectivity index is 2.05. The topological polar surface area (TPSA) is 64.1 Å². The summed E-state index contributed by atoms with van der Waals surface area (Å²) in [5, 5.41) is 3.34. The van der Waals surface area contributed by atoms with Crippen molar-refractivity contribution >= 4 is 27.3 Å². The Kier molecular flexibility index (Phi) is 3.68. The van der Waals surface area contributed by atoms with E-state index in [9.17, 15) is 0 Å². The van der Waals surface area contributed by atoms with Gasteiger partial charge in [0.25, 0.3) is 0 Å². The van der Waals surface area contributed by atoms with Gasteiger partial charge in [-0.05, 0) is 35.0 Å². The summed E-state index contributed by atoms with van der Waals surface area (Å²) in [7, 11) is 0. The first kappa shape index (κ1) is 12.0. The number of halogens is 1. The van der Waals surface area contributed by atoms with Gasteiger partial charge in [0.15, 0.2) is 0 Å². The number of furan rings is 1. The number of nitrogen functional groups attached to an aromatic ring is 1. The van der Waals surface area contributed by atoms with Crippen LogP contribution in [-0.4, -0.2) is 11.0 Å². The van der Waals surface area contributed by atoms with Crippen LogP contribution in [-0.2, 0) is 6.42 Å². The number of pyridine rings is 1. The smallest absolute Gasteiger partial charge is 0.105 e. The molecule has 0 spiro atoms. The Morgan fingerprint density at radius 3 is 3.00 bits per heavy atom. The monoisotopic (exact) mass is 295 g/mol. The number of rotatable bonds is 4. The molecule has 2 aromatic rings. The van der Waals surface area contributed by atoms with E-state index in [2.05, 4.69) is 33.2 Å². The lowest BCUT2D eigenvalue weighted by Gasteiger charge is -2.16. The van der Waals surface area contributed by atoms with Crippen LogP contribution in [0.15, 0.2) is 39.7 Å². The third kappa shape index (κ3) is 3.00. The van der Waals surface area contributed by atoms with E-state index in [1.807, 2.05) is 12.1 Å². The molecule has 0 bridgehead atoms. The summed E-state index contributed by atoms with van der Waals surface area (Å²) < 4.78 is 6.17. The van der Waals surface area contributed by atoms with Crippen molar-refractivity contribution in [1.29, 1.82) is 0 Å². The second kappa shape index (κ2) is 5.23. The lowest BCUT2D eigenvalue weighted by molar-refractivity contribution is 0.498. The number of hydrogen-bond donors (Lipinski definition) is 2. The lowest BCUT2D eigenvalue weighted by atomic mass is 10.2. The van der Waals surface area contributed by atoms with Crippen molar-refractivity contribution in [2.45, 2.75) is 19.4 Å². The summed E-state index contributed by atoms with van der Waals surface area (Å²) in [5.41, 5.74) is 7.37. The van der Waals surface area contributed by atoms with Gasteiger partial charge >= 0.3 is 0 Å². The summed E-state index contributed by atoms with van der Waals surface area (Å²) in [5.74, 6) is 0.953. The predicted molar refractivity (Wildman–Crippen MR) is 71.8 cm³/mol. The van der Waals surface area contributed by atoms with Crippen LogP contribution in [0, 0.1) is 0 Å². The molecular formula is C12H14BrN3O. The van der Waals surface area contributed by atoms with Crippen molar-refractivity contribution in [3.05, 3.63) is 41.0 Å². The Morgan fingerprint density at radius 1 is 1.53 bits per heavy atom. The minimum atomic E-state index is 0.224. The SMILES string of the molecule is CC(Cc1ccco1)Nc1c(N)cncc1Br. The van der Waals surface area contributed by atoms with Crippen LogP contribution >= 0.6 is 15.9 Å². The van der Waals surface area contributed by atoms with E-state index in [1.165, 1.54) is 0 Å². The number of hydrogen-bond acceptors (Lipinski definition) is 4. The van der Waals surface area contributed by atoms with E-state index in [1.54, 1.807) is 18.7 Å². The van der Waals surface area contributed by atoms with Gasteiger partial charge in [-0.3, -0.25) is 4.98 Å². The molecule has 4 nitrogen and oxygen atoms in total. The summed E-state index contributed by atoms with van der Waals surface area (Å²) in [6.07, 6.45) is 5.84. The average Bonchev–Trinajstić information content (AvgIpc) is 2.76. The average molecular weight is 296 g/mol. The standard InChI is InChI=1S/C12H14BrN3O/c1-8(5-9-3-2-4-17-9)16-12-10(13)6-15-7-11(12)14/h2-4,6-8H,5,14H2,1H3,(H,15,16). The van der Waals surface area contributed by atoms with E-state index in [0.717, 1.165) is 22.3 Å². The van der Waals surface area contributed by atoms with E-state index in [4.69, 9.17) is 10.2 Å². The zero-order valence-electron chi connectivity index (χ0n) is 9.48. The predicted octanol–water partition coefficient (Wildman–Crippen LogP) is 3.06. The molecule has 17 heavy (non-hydrogen) atoms. The molecule has 1 unspecified atom stereocenters. The van der Waals surface area contributed by atoms with Crippen LogP contribution in [0.1, 0.15) is 12.7 Å². The first-order chi connectivity index (χ1) is 8.16. The molecule has 0 aromatic carbocycles. The number of aromatic nitrogens is 1. The lowest BCUT2D eigenvalue weighted by Crippen LogP contribution is -2.19. The Bertz CT molecular complexity index is 464. The quantitative estimate of drug-likeness (QED) is 0.910. The van der Waals surface area contributed by atoms with Gasteiger partial charge in [0.2, 0.25) is 0 Å². The van der Waals surface area contributed by atoms with Crippen LogP contribution in [0.5, 0.6) is 0 Å². The van der Waals surface area contributed by atoms with Crippen LogP contribution in [0.25, 0.3) is 0 Å². The summed E-state index contributed by atoms with van der Waals surface area (Å²) >= 11 is 3.43. The molecule has 2 rings (SSSR count). The van der Waals surface area contributed by atoms with E-state index >= 15 is 0 Å². The molecule has 0 radical (unpaired) electrons. The highest BCUT2D eigenvalue weighted by molar-refractivity contribution is 9.10. The van der Waals surface area contributed by atoms with Gasteiger partial charge in [-0.25, -0.2) is 0 Å². The molecule has 1 atom stereocenters. The normalized spacial score (nSPS) is 12.4. The first-order valence-corrected chi connectivity index (χ1v) is 6.14. The Morgan fingerprint density at radius 2 is 2.35 bits per heavy atom. The first-order valence-electron chi connectivity index (χ1n) is 5.34. The minimum absolute atomic E-state index is 0.224. The van der Waals surface area contributed by atoms with Gasteiger partial charge in [-0.1, -0.05) is 0 Å². The third-order valence-corrected chi connectivity index (χ3v) is 3.01. The van der Waals surface area contributed by atoms with Crippen molar-refractivity contribution in [3.63, 3.8) is 0 Å². The molecule has 0 saturated carbocycles.